The maximum Gasteiger partial charge on any atom is 0.309 e. The summed E-state index contributed by atoms with van der Waals surface area (Å²) >= 11 is 0. The molecule has 1 aromatic carbocycles. The molecule has 0 spiro atoms. The summed E-state index contributed by atoms with van der Waals surface area (Å²) in [6.07, 6.45) is 1.26. The Bertz CT molecular complexity index is 614. The van der Waals surface area contributed by atoms with Crippen molar-refractivity contribution in [2.24, 2.45) is 5.41 Å². The summed E-state index contributed by atoms with van der Waals surface area (Å²) in [4.78, 5) is 11.7. The van der Waals surface area contributed by atoms with E-state index in [4.69, 9.17) is 0 Å². The van der Waals surface area contributed by atoms with Crippen molar-refractivity contribution >= 4 is 16.0 Å². The SMILES string of the molecule is CCC1(C(=O)O)CCN(S(=O)(=O)c2ccc(C)cc2)CC1. The molecule has 0 atom stereocenters. The molecule has 0 radical (unpaired) electrons. The summed E-state index contributed by atoms with van der Waals surface area (Å²) in [5.41, 5.74) is 0.225. The van der Waals surface area contributed by atoms with E-state index >= 15 is 0 Å². The van der Waals surface area contributed by atoms with E-state index in [-0.39, 0.29) is 18.0 Å². The molecule has 1 fully saturated rings. The number of hydrogen-bond donors (Lipinski definition) is 1. The van der Waals surface area contributed by atoms with Gasteiger partial charge in [-0.2, -0.15) is 4.31 Å². The Labute approximate surface area is 125 Å². The Balaban J connectivity index is 2.18. The molecule has 2 rings (SSSR count). The van der Waals surface area contributed by atoms with E-state index in [9.17, 15) is 18.3 Å². The number of rotatable bonds is 4. The van der Waals surface area contributed by atoms with E-state index in [1.807, 2.05) is 13.8 Å². The first-order valence-electron chi connectivity index (χ1n) is 7.12. The summed E-state index contributed by atoms with van der Waals surface area (Å²) in [5, 5.41) is 9.36. The highest BCUT2D eigenvalue weighted by Crippen LogP contribution is 2.36. The minimum atomic E-state index is -3.52. The number of benzene rings is 1. The van der Waals surface area contributed by atoms with E-state index in [1.54, 1.807) is 24.3 Å². The third kappa shape index (κ3) is 2.96. The molecule has 6 heteroatoms. The van der Waals surface area contributed by atoms with Crippen LogP contribution >= 0.6 is 0 Å². The van der Waals surface area contributed by atoms with Crippen LogP contribution in [0.4, 0.5) is 0 Å². The first kappa shape index (κ1) is 16.0. The van der Waals surface area contributed by atoms with Gasteiger partial charge < -0.3 is 5.11 Å². The lowest BCUT2D eigenvalue weighted by Crippen LogP contribution is -2.46. The molecule has 0 aromatic heterocycles. The molecule has 1 N–H and O–H groups in total. The Morgan fingerprint density at radius 2 is 1.76 bits per heavy atom. The molecule has 1 saturated heterocycles. The lowest BCUT2D eigenvalue weighted by molar-refractivity contribution is -0.151. The lowest BCUT2D eigenvalue weighted by Gasteiger charge is -2.37. The second-order valence-electron chi connectivity index (χ2n) is 5.66. The summed E-state index contributed by atoms with van der Waals surface area (Å²) in [6, 6.07) is 6.74. The third-order valence-electron chi connectivity index (χ3n) is 4.47. The first-order valence-corrected chi connectivity index (χ1v) is 8.56. The molecular weight excluding hydrogens is 290 g/mol. The quantitative estimate of drug-likeness (QED) is 0.925. The van der Waals surface area contributed by atoms with Crippen molar-refractivity contribution in [2.75, 3.05) is 13.1 Å². The molecule has 1 heterocycles. The molecule has 5 nitrogen and oxygen atoms in total. The van der Waals surface area contributed by atoms with E-state index in [1.165, 1.54) is 4.31 Å². The Morgan fingerprint density at radius 3 is 2.19 bits per heavy atom. The highest BCUT2D eigenvalue weighted by Gasteiger charge is 2.42. The molecule has 0 saturated carbocycles. The van der Waals surface area contributed by atoms with Crippen molar-refractivity contribution in [3.63, 3.8) is 0 Å². The Kier molecular flexibility index (Phi) is 4.39. The van der Waals surface area contributed by atoms with Gasteiger partial charge in [0, 0.05) is 13.1 Å². The van der Waals surface area contributed by atoms with Gasteiger partial charge in [0.15, 0.2) is 0 Å². The molecule has 1 aliphatic rings. The number of sulfonamides is 1. The predicted molar refractivity (Wildman–Crippen MR) is 79.5 cm³/mol. The maximum atomic E-state index is 12.5. The van der Waals surface area contributed by atoms with Crippen LogP contribution < -0.4 is 0 Å². The summed E-state index contributed by atoms with van der Waals surface area (Å²) in [7, 11) is -3.52. The van der Waals surface area contributed by atoms with E-state index < -0.39 is 21.4 Å². The molecule has 0 amide bonds. The fourth-order valence-electron chi connectivity index (χ4n) is 2.73. The van der Waals surface area contributed by atoms with Crippen LogP contribution in [0.5, 0.6) is 0 Å². The van der Waals surface area contributed by atoms with Crippen molar-refractivity contribution in [2.45, 2.75) is 38.0 Å². The van der Waals surface area contributed by atoms with Crippen LogP contribution in [0.25, 0.3) is 0 Å². The molecule has 116 valence electrons. The molecule has 1 aromatic rings. The average molecular weight is 311 g/mol. The van der Waals surface area contributed by atoms with Gasteiger partial charge in [-0.3, -0.25) is 4.79 Å². The van der Waals surface area contributed by atoms with E-state index in [0.29, 0.717) is 19.3 Å². The number of carboxylic acid groups (broad SMARTS) is 1. The molecule has 0 bridgehead atoms. The first-order chi connectivity index (χ1) is 9.82. The zero-order valence-corrected chi connectivity index (χ0v) is 13.2. The van der Waals surface area contributed by atoms with E-state index in [0.717, 1.165) is 5.56 Å². The van der Waals surface area contributed by atoms with Gasteiger partial charge in [-0.15, -0.1) is 0 Å². The number of piperidine rings is 1. The summed E-state index contributed by atoms with van der Waals surface area (Å²) in [6.45, 7) is 4.27. The van der Waals surface area contributed by atoms with Crippen LogP contribution in [-0.2, 0) is 14.8 Å². The second kappa shape index (κ2) is 5.77. The molecule has 0 aliphatic carbocycles. The van der Waals surface area contributed by atoms with E-state index in [2.05, 4.69) is 0 Å². The van der Waals surface area contributed by atoms with Gasteiger partial charge in [0.1, 0.15) is 0 Å². The van der Waals surface area contributed by atoms with Crippen LogP contribution in [0.2, 0.25) is 0 Å². The Hall–Kier alpha value is -1.40. The van der Waals surface area contributed by atoms with Gasteiger partial charge in [-0.1, -0.05) is 24.6 Å². The predicted octanol–water partition coefficient (Wildman–Crippen LogP) is 2.26. The largest absolute Gasteiger partial charge is 0.481 e. The zero-order valence-electron chi connectivity index (χ0n) is 12.4. The van der Waals surface area contributed by atoms with Crippen molar-refractivity contribution in [1.29, 1.82) is 0 Å². The van der Waals surface area contributed by atoms with Gasteiger partial charge in [0.2, 0.25) is 10.0 Å². The Morgan fingerprint density at radius 1 is 1.24 bits per heavy atom. The standard InChI is InChI=1S/C15H21NO4S/c1-3-15(14(17)18)8-10-16(11-9-15)21(19,20)13-6-4-12(2)5-7-13/h4-7H,3,8-11H2,1-2H3,(H,17,18). The minimum absolute atomic E-state index is 0.260. The fourth-order valence-corrected chi connectivity index (χ4v) is 4.17. The smallest absolute Gasteiger partial charge is 0.309 e. The third-order valence-corrected chi connectivity index (χ3v) is 6.38. The monoisotopic (exact) mass is 311 g/mol. The van der Waals surface area contributed by atoms with Gasteiger partial charge in [0.05, 0.1) is 10.3 Å². The van der Waals surface area contributed by atoms with Crippen molar-refractivity contribution in [3.05, 3.63) is 29.8 Å². The molecule has 1 aliphatic heterocycles. The van der Waals surface area contributed by atoms with Crippen LogP contribution in [0.15, 0.2) is 29.2 Å². The number of carbonyl (C=O) groups is 1. The van der Waals surface area contributed by atoms with Crippen molar-refractivity contribution in [3.8, 4) is 0 Å². The van der Waals surface area contributed by atoms with Crippen molar-refractivity contribution in [1.82, 2.24) is 4.31 Å². The number of nitrogens with zero attached hydrogens (tertiary/aromatic N) is 1. The topological polar surface area (TPSA) is 74.7 Å². The summed E-state index contributed by atoms with van der Waals surface area (Å²) < 4.78 is 26.5. The molecule has 21 heavy (non-hydrogen) atoms. The second-order valence-corrected chi connectivity index (χ2v) is 7.59. The number of aliphatic carboxylic acids is 1. The fraction of sp³-hybridized carbons (Fsp3) is 0.533. The number of carboxylic acids is 1. The van der Waals surface area contributed by atoms with Crippen LogP contribution in [0.1, 0.15) is 31.7 Å². The number of aryl methyl sites for hydroxylation is 1. The van der Waals surface area contributed by atoms with Gasteiger partial charge in [-0.25, -0.2) is 8.42 Å². The van der Waals surface area contributed by atoms with Crippen LogP contribution in [0, 0.1) is 12.3 Å². The lowest BCUT2D eigenvalue weighted by atomic mass is 9.77. The molecular formula is C15H21NO4S. The highest BCUT2D eigenvalue weighted by atomic mass is 32.2. The highest BCUT2D eigenvalue weighted by molar-refractivity contribution is 7.89. The van der Waals surface area contributed by atoms with Gasteiger partial charge in [0.25, 0.3) is 0 Å². The molecule has 0 unspecified atom stereocenters. The summed E-state index contributed by atoms with van der Waals surface area (Å²) in [5.74, 6) is -0.822. The number of hydrogen-bond acceptors (Lipinski definition) is 3. The van der Waals surface area contributed by atoms with Crippen molar-refractivity contribution < 1.29 is 18.3 Å². The van der Waals surface area contributed by atoms with Crippen LogP contribution in [0.3, 0.4) is 0 Å². The average Bonchev–Trinajstić information content (AvgIpc) is 2.47. The minimum Gasteiger partial charge on any atom is -0.481 e. The van der Waals surface area contributed by atoms with Gasteiger partial charge in [-0.05, 0) is 38.3 Å². The van der Waals surface area contributed by atoms with Gasteiger partial charge >= 0.3 is 5.97 Å². The zero-order chi connectivity index (χ0) is 15.7. The van der Waals surface area contributed by atoms with Crippen LogP contribution in [-0.4, -0.2) is 36.9 Å². The normalized spacial score (nSPS) is 19.3. The maximum absolute atomic E-state index is 12.5.